The fourth-order valence-corrected chi connectivity index (χ4v) is 4.25. The molecule has 0 saturated carbocycles. The predicted octanol–water partition coefficient (Wildman–Crippen LogP) is 3.47. The van der Waals surface area contributed by atoms with E-state index in [0.717, 1.165) is 31.2 Å². The molecule has 3 aromatic rings. The Bertz CT molecular complexity index is 1300. The number of carbonyl (C=O) groups excluding carboxylic acids is 1. The quantitative estimate of drug-likeness (QED) is 0.462. The average Bonchev–Trinajstić information content (AvgIpc) is 2.88. The molecule has 1 aromatic heterocycles. The summed E-state index contributed by atoms with van der Waals surface area (Å²) in [5, 5.41) is 0. The number of rotatable bonds is 9. The van der Waals surface area contributed by atoms with Crippen LogP contribution >= 0.6 is 0 Å². The highest BCUT2D eigenvalue weighted by Gasteiger charge is 2.25. The van der Waals surface area contributed by atoms with Crippen molar-refractivity contribution in [3.63, 3.8) is 0 Å². The molecule has 0 aliphatic heterocycles. The third kappa shape index (κ3) is 6.09. The second-order valence-electron chi connectivity index (χ2n) is 8.57. The minimum absolute atomic E-state index is 0.0291. The van der Waals surface area contributed by atoms with Crippen LogP contribution in [0.15, 0.2) is 81.9 Å². The summed E-state index contributed by atoms with van der Waals surface area (Å²) in [6.07, 6.45) is 7.09. The van der Waals surface area contributed by atoms with Gasteiger partial charge in [-0.2, -0.15) is 0 Å². The minimum atomic E-state index is -0.692. The minimum Gasteiger partial charge on any atom is -0.484 e. The van der Waals surface area contributed by atoms with Crippen LogP contribution in [0.2, 0.25) is 0 Å². The van der Waals surface area contributed by atoms with Crippen LogP contribution in [-0.4, -0.2) is 28.6 Å². The Hall–Kier alpha value is -4.07. The van der Waals surface area contributed by atoms with E-state index in [1.54, 1.807) is 12.1 Å². The summed E-state index contributed by atoms with van der Waals surface area (Å²) in [6, 6.07) is 18.3. The van der Waals surface area contributed by atoms with E-state index in [0.29, 0.717) is 12.2 Å². The molecule has 3 N–H and O–H groups in total. The van der Waals surface area contributed by atoms with Gasteiger partial charge in [0.15, 0.2) is 12.3 Å². The van der Waals surface area contributed by atoms with Crippen molar-refractivity contribution in [2.24, 2.45) is 0 Å². The normalized spacial score (nSPS) is 13.2. The topological polar surface area (TPSA) is 110 Å². The van der Waals surface area contributed by atoms with Gasteiger partial charge in [-0.15, -0.1) is 0 Å². The van der Waals surface area contributed by atoms with Crippen molar-refractivity contribution in [1.29, 1.82) is 0 Å². The molecule has 0 spiro atoms. The number of hydrogen-bond acceptors (Lipinski definition) is 5. The van der Waals surface area contributed by atoms with E-state index in [9.17, 15) is 14.4 Å². The third-order valence-corrected chi connectivity index (χ3v) is 6.12. The molecule has 1 aliphatic carbocycles. The molecule has 1 aliphatic rings. The first-order valence-corrected chi connectivity index (χ1v) is 11.9. The maximum absolute atomic E-state index is 13.3. The van der Waals surface area contributed by atoms with Crippen LogP contribution in [0.1, 0.15) is 37.7 Å². The van der Waals surface area contributed by atoms with Gasteiger partial charge in [-0.25, -0.2) is 4.79 Å². The molecule has 0 saturated heterocycles. The maximum atomic E-state index is 13.3. The molecule has 1 heterocycles. The Morgan fingerprint density at radius 1 is 1.03 bits per heavy atom. The molecule has 0 fully saturated rings. The predicted molar refractivity (Wildman–Crippen MR) is 137 cm³/mol. The van der Waals surface area contributed by atoms with Crippen LogP contribution in [0, 0.1) is 0 Å². The number of nitrogen functional groups attached to an aromatic ring is 1. The molecule has 0 radical (unpaired) electrons. The smallest absolute Gasteiger partial charge is 0.330 e. The number of anilines is 2. The molecule has 8 heteroatoms. The number of carbonyl (C=O) groups is 1. The molecule has 1 amide bonds. The van der Waals surface area contributed by atoms with Gasteiger partial charge in [0.05, 0.1) is 6.54 Å². The zero-order chi connectivity index (χ0) is 24.6. The van der Waals surface area contributed by atoms with Crippen LogP contribution in [0.4, 0.5) is 11.5 Å². The molecular weight excluding hydrogens is 444 g/mol. The number of hydrogen-bond donors (Lipinski definition) is 2. The van der Waals surface area contributed by atoms with Gasteiger partial charge >= 0.3 is 5.69 Å². The molecule has 0 bridgehead atoms. The molecule has 0 atom stereocenters. The van der Waals surface area contributed by atoms with E-state index < -0.39 is 17.2 Å². The van der Waals surface area contributed by atoms with E-state index in [4.69, 9.17) is 10.5 Å². The first kappa shape index (κ1) is 24.1. The van der Waals surface area contributed by atoms with Crippen LogP contribution < -0.4 is 26.6 Å². The monoisotopic (exact) mass is 474 g/mol. The number of para-hydroxylation sites is 1. The Labute approximate surface area is 203 Å². The lowest BCUT2D eigenvalue weighted by Crippen LogP contribution is -2.43. The van der Waals surface area contributed by atoms with Crippen molar-refractivity contribution >= 4 is 17.4 Å². The highest BCUT2D eigenvalue weighted by molar-refractivity contribution is 5.96. The lowest BCUT2D eigenvalue weighted by Gasteiger charge is -2.25. The van der Waals surface area contributed by atoms with Gasteiger partial charge < -0.3 is 15.4 Å². The van der Waals surface area contributed by atoms with Crippen LogP contribution in [-0.2, 0) is 11.3 Å². The summed E-state index contributed by atoms with van der Waals surface area (Å²) in [4.78, 5) is 42.6. The average molecular weight is 475 g/mol. The van der Waals surface area contributed by atoms with Gasteiger partial charge in [0.25, 0.3) is 11.5 Å². The number of nitrogens with one attached hydrogen (secondary N) is 1. The van der Waals surface area contributed by atoms with Crippen LogP contribution in [0.5, 0.6) is 5.75 Å². The maximum Gasteiger partial charge on any atom is 0.330 e. The van der Waals surface area contributed by atoms with Crippen LogP contribution in [0.3, 0.4) is 0 Å². The molecular formula is C27H30N4O4. The summed E-state index contributed by atoms with van der Waals surface area (Å²) in [6.45, 7) is 0.169. The molecule has 4 rings (SSSR count). The van der Waals surface area contributed by atoms with Gasteiger partial charge in [-0.3, -0.25) is 19.1 Å². The highest BCUT2D eigenvalue weighted by Crippen LogP contribution is 2.24. The number of ether oxygens (including phenoxy) is 1. The third-order valence-electron chi connectivity index (χ3n) is 6.12. The van der Waals surface area contributed by atoms with Crippen molar-refractivity contribution < 1.29 is 9.53 Å². The number of benzene rings is 2. The Balaban J connectivity index is 1.66. The van der Waals surface area contributed by atoms with E-state index >= 15 is 0 Å². The molecule has 8 nitrogen and oxygen atoms in total. The van der Waals surface area contributed by atoms with Crippen molar-refractivity contribution in [1.82, 2.24) is 9.55 Å². The van der Waals surface area contributed by atoms with Crippen molar-refractivity contribution in [2.75, 3.05) is 23.8 Å². The summed E-state index contributed by atoms with van der Waals surface area (Å²) in [7, 11) is 0. The standard InChI is InChI=1S/C27H30N4O4/c28-25-24(26(33)29-27(34)31(25)18-21-12-6-2-7-13-21)30(17-16-20-10-4-1-5-11-20)23(32)19-35-22-14-8-3-9-15-22/h2-3,6-10,12-15H,1,4-5,11,16-19,28H2,(H,29,33,34). The van der Waals surface area contributed by atoms with Crippen molar-refractivity contribution in [3.8, 4) is 5.75 Å². The zero-order valence-electron chi connectivity index (χ0n) is 19.6. The summed E-state index contributed by atoms with van der Waals surface area (Å²) < 4.78 is 6.95. The first-order chi connectivity index (χ1) is 17.0. The number of aromatic amines is 1. The van der Waals surface area contributed by atoms with Gasteiger partial charge in [-0.1, -0.05) is 60.2 Å². The number of allylic oxidation sites excluding steroid dienone is 1. The Kier molecular flexibility index (Phi) is 7.82. The van der Waals surface area contributed by atoms with Crippen LogP contribution in [0.25, 0.3) is 0 Å². The number of nitrogens with zero attached hydrogens (tertiary/aromatic N) is 2. The van der Waals surface area contributed by atoms with Gasteiger partial charge in [0.2, 0.25) is 0 Å². The van der Waals surface area contributed by atoms with E-state index in [1.807, 2.05) is 48.5 Å². The highest BCUT2D eigenvalue weighted by atomic mass is 16.5. The first-order valence-electron chi connectivity index (χ1n) is 11.9. The van der Waals surface area contributed by atoms with Crippen molar-refractivity contribution in [3.05, 3.63) is 98.7 Å². The van der Waals surface area contributed by atoms with Gasteiger partial charge in [0.1, 0.15) is 11.6 Å². The SMILES string of the molecule is Nc1c(N(CCC2=CCCCC2)C(=O)COc2ccccc2)c(=O)[nH]c(=O)n1Cc1ccccc1. The summed E-state index contributed by atoms with van der Waals surface area (Å²) in [5.41, 5.74) is 7.14. The molecule has 0 unspecified atom stereocenters. The van der Waals surface area contributed by atoms with E-state index in [2.05, 4.69) is 11.1 Å². The number of nitrogens with two attached hydrogens (primary N) is 1. The number of aromatic nitrogens is 2. The summed E-state index contributed by atoms with van der Waals surface area (Å²) in [5.74, 6) is 0.0902. The Morgan fingerprint density at radius 2 is 1.74 bits per heavy atom. The van der Waals surface area contributed by atoms with E-state index in [1.165, 1.54) is 15.0 Å². The van der Waals surface area contributed by atoms with Crippen molar-refractivity contribution in [2.45, 2.75) is 38.6 Å². The fourth-order valence-electron chi connectivity index (χ4n) is 4.25. The largest absolute Gasteiger partial charge is 0.484 e. The zero-order valence-corrected chi connectivity index (χ0v) is 19.6. The lowest BCUT2D eigenvalue weighted by molar-refractivity contribution is -0.120. The molecule has 35 heavy (non-hydrogen) atoms. The lowest BCUT2D eigenvalue weighted by atomic mass is 9.97. The second-order valence-corrected chi connectivity index (χ2v) is 8.57. The van der Waals surface area contributed by atoms with Gasteiger partial charge in [0, 0.05) is 6.54 Å². The fraction of sp³-hybridized carbons (Fsp3) is 0.296. The molecule has 182 valence electrons. The Morgan fingerprint density at radius 3 is 2.43 bits per heavy atom. The second kappa shape index (κ2) is 11.4. The van der Waals surface area contributed by atoms with E-state index in [-0.39, 0.29) is 31.2 Å². The molecule has 2 aromatic carbocycles. The van der Waals surface area contributed by atoms with Gasteiger partial charge in [-0.05, 0) is 49.8 Å². The summed E-state index contributed by atoms with van der Waals surface area (Å²) >= 11 is 0. The number of amides is 1. The number of H-pyrrole nitrogens is 1.